The van der Waals surface area contributed by atoms with Crippen molar-refractivity contribution in [2.45, 2.75) is 115 Å². The number of hydrogen-bond acceptors (Lipinski definition) is 2. The van der Waals surface area contributed by atoms with E-state index in [1.807, 2.05) is 18.2 Å². The van der Waals surface area contributed by atoms with E-state index in [1.54, 1.807) is 12.1 Å². The van der Waals surface area contributed by atoms with Crippen LogP contribution in [0.5, 0.6) is 0 Å². The molecule has 0 N–H and O–H groups in total. The Bertz CT molecular complexity index is 898. The fourth-order valence-electron chi connectivity index (χ4n) is 4.36. The van der Waals surface area contributed by atoms with Gasteiger partial charge >= 0.3 is 0 Å². The highest BCUT2D eigenvalue weighted by molar-refractivity contribution is 7.91. The molecule has 0 spiro atoms. The molecule has 0 fully saturated rings. The molecule has 0 saturated carbocycles. The Labute approximate surface area is 191 Å². The zero-order valence-corrected chi connectivity index (χ0v) is 21.0. The maximum Gasteiger partial charge on any atom is 0.206 e. The Kier molecular flexibility index (Phi) is 10.8. The molecule has 0 radical (unpaired) electrons. The smallest absolute Gasteiger partial charge is 0.206 e. The van der Waals surface area contributed by atoms with Crippen molar-refractivity contribution in [2.24, 2.45) is 0 Å². The van der Waals surface area contributed by atoms with Crippen LogP contribution in [0.1, 0.15) is 101 Å². The van der Waals surface area contributed by atoms with Crippen LogP contribution in [0.4, 0.5) is 0 Å². The number of benzene rings is 2. The Morgan fingerprint density at radius 3 is 1.65 bits per heavy atom. The van der Waals surface area contributed by atoms with Gasteiger partial charge in [0, 0.05) is 0 Å². The maximum atomic E-state index is 13.8. The quantitative estimate of drug-likeness (QED) is 0.298. The summed E-state index contributed by atoms with van der Waals surface area (Å²) in [4.78, 5) is 0.988. The van der Waals surface area contributed by atoms with Crippen molar-refractivity contribution in [1.29, 1.82) is 0 Å². The molecule has 0 heterocycles. The molecule has 31 heavy (non-hydrogen) atoms. The van der Waals surface area contributed by atoms with Crippen LogP contribution in [0.15, 0.2) is 46.2 Å². The van der Waals surface area contributed by atoms with Crippen LogP contribution in [0.3, 0.4) is 0 Å². The number of unbranched alkanes of at least 4 members (excludes halogenated alkanes) is 4. The SMILES string of the molecule is CCCCc1cc(S(=O)(=O)c2ccccc2)c(CCCC)c(CCCC)c1CCCC. The summed E-state index contributed by atoms with van der Waals surface area (Å²) in [7, 11) is -3.53. The van der Waals surface area contributed by atoms with Crippen LogP contribution >= 0.6 is 0 Å². The van der Waals surface area contributed by atoms with E-state index in [-0.39, 0.29) is 0 Å². The minimum atomic E-state index is -3.53. The summed E-state index contributed by atoms with van der Waals surface area (Å²) in [5, 5.41) is 0. The Morgan fingerprint density at radius 1 is 0.613 bits per heavy atom. The van der Waals surface area contributed by atoms with Crippen molar-refractivity contribution in [3.63, 3.8) is 0 Å². The third-order valence-electron chi connectivity index (χ3n) is 6.20. The van der Waals surface area contributed by atoms with E-state index in [1.165, 1.54) is 16.7 Å². The normalized spacial score (nSPS) is 11.7. The van der Waals surface area contributed by atoms with Crippen molar-refractivity contribution in [1.82, 2.24) is 0 Å². The molecular weight excluding hydrogens is 400 g/mol. The molecule has 0 unspecified atom stereocenters. The highest BCUT2D eigenvalue weighted by Gasteiger charge is 2.26. The van der Waals surface area contributed by atoms with E-state index < -0.39 is 9.84 Å². The fourth-order valence-corrected chi connectivity index (χ4v) is 5.98. The molecule has 2 nitrogen and oxygen atoms in total. The number of hydrogen-bond donors (Lipinski definition) is 0. The fraction of sp³-hybridized carbons (Fsp3) is 0.571. The van der Waals surface area contributed by atoms with Gasteiger partial charge in [-0.05, 0) is 91.8 Å². The first-order valence-electron chi connectivity index (χ1n) is 12.5. The molecule has 0 aliphatic rings. The van der Waals surface area contributed by atoms with Crippen LogP contribution in [-0.4, -0.2) is 8.42 Å². The van der Waals surface area contributed by atoms with Crippen molar-refractivity contribution in [2.75, 3.05) is 0 Å². The van der Waals surface area contributed by atoms with Crippen LogP contribution in [0.2, 0.25) is 0 Å². The molecule has 0 atom stereocenters. The van der Waals surface area contributed by atoms with E-state index in [2.05, 4.69) is 33.8 Å². The summed E-state index contributed by atoms with van der Waals surface area (Å²) in [5.74, 6) is 0. The predicted molar refractivity (Wildman–Crippen MR) is 133 cm³/mol. The van der Waals surface area contributed by atoms with Crippen LogP contribution in [-0.2, 0) is 35.5 Å². The summed E-state index contributed by atoms with van der Waals surface area (Å²) < 4.78 is 27.6. The summed E-state index contributed by atoms with van der Waals surface area (Å²) in [5.41, 5.74) is 5.19. The molecule has 0 aromatic heterocycles. The first-order valence-corrected chi connectivity index (χ1v) is 14.0. The molecule has 2 aromatic rings. The first kappa shape index (κ1) is 25.6. The predicted octanol–water partition coefficient (Wildman–Crippen LogP) is 7.89. The van der Waals surface area contributed by atoms with Crippen LogP contribution in [0.25, 0.3) is 0 Å². The molecule has 172 valence electrons. The van der Waals surface area contributed by atoms with Gasteiger partial charge < -0.3 is 0 Å². The Hall–Kier alpha value is -1.61. The lowest BCUT2D eigenvalue weighted by atomic mass is 9.86. The van der Waals surface area contributed by atoms with Gasteiger partial charge in [-0.3, -0.25) is 0 Å². The minimum Gasteiger partial charge on any atom is -0.219 e. The molecular formula is C28H42O2S. The molecule has 0 amide bonds. The molecule has 0 aliphatic carbocycles. The van der Waals surface area contributed by atoms with Gasteiger partial charge in [-0.15, -0.1) is 0 Å². The average Bonchev–Trinajstić information content (AvgIpc) is 2.79. The van der Waals surface area contributed by atoms with Gasteiger partial charge in [0.1, 0.15) is 0 Å². The summed E-state index contributed by atoms with van der Waals surface area (Å²) in [6.07, 6.45) is 12.8. The third kappa shape index (κ3) is 6.68. The number of sulfone groups is 1. The van der Waals surface area contributed by atoms with Gasteiger partial charge in [0.2, 0.25) is 9.84 Å². The van der Waals surface area contributed by atoms with Gasteiger partial charge in [0.15, 0.2) is 0 Å². The number of aryl methyl sites for hydroxylation is 1. The van der Waals surface area contributed by atoms with Crippen LogP contribution in [0, 0.1) is 0 Å². The highest BCUT2D eigenvalue weighted by atomic mass is 32.2. The molecule has 2 rings (SSSR count). The van der Waals surface area contributed by atoms with Gasteiger partial charge in [0.05, 0.1) is 9.79 Å². The topological polar surface area (TPSA) is 34.1 Å². The number of rotatable bonds is 14. The monoisotopic (exact) mass is 442 g/mol. The Balaban J connectivity index is 2.79. The zero-order valence-electron chi connectivity index (χ0n) is 20.2. The Morgan fingerprint density at radius 2 is 1.10 bits per heavy atom. The van der Waals surface area contributed by atoms with Crippen LogP contribution < -0.4 is 0 Å². The highest BCUT2D eigenvalue weighted by Crippen LogP contribution is 2.34. The third-order valence-corrected chi connectivity index (χ3v) is 8.04. The van der Waals surface area contributed by atoms with Crippen molar-refractivity contribution >= 4 is 9.84 Å². The second-order valence-corrected chi connectivity index (χ2v) is 10.6. The molecule has 0 aliphatic heterocycles. The lowest BCUT2D eigenvalue weighted by Gasteiger charge is -2.23. The van der Waals surface area contributed by atoms with Gasteiger partial charge in [0.25, 0.3) is 0 Å². The average molecular weight is 443 g/mol. The minimum absolute atomic E-state index is 0.414. The summed E-state index contributed by atoms with van der Waals surface area (Å²) in [6, 6.07) is 11.1. The van der Waals surface area contributed by atoms with E-state index in [0.29, 0.717) is 9.79 Å². The lowest BCUT2D eigenvalue weighted by Crippen LogP contribution is -2.14. The second kappa shape index (κ2) is 13.1. The van der Waals surface area contributed by atoms with E-state index in [0.717, 1.165) is 82.6 Å². The summed E-state index contributed by atoms with van der Waals surface area (Å²) in [6.45, 7) is 8.86. The second-order valence-electron chi connectivity index (χ2n) is 8.70. The molecule has 3 heteroatoms. The summed E-state index contributed by atoms with van der Waals surface area (Å²) >= 11 is 0. The lowest BCUT2D eigenvalue weighted by molar-refractivity contribution is 0.593. The van der Waals surface area contributed by atoms with Crippen molar-refractivity contribution < 1.29 is 8.42 Å². The van der Waals surface area contributed by atoms with Gasteiger partial charge in [-0.2, -0.15) is 0 Å². The zero-order chi connectivity index (χ0) is 22.7. The van der Waals surface area contributed by atoms with Gasteiger partial charge in [-0.1, -0.05) is 71.6 Å². The van der Waals surface area contributed by atoms with Crippen molar-refractivity contribution in [3.8, 4) is 0 Å². The molecule has 0 saturated heterocycles. The van der Waals surface area contributed by atoms with Gasteiger partial charge in [-0.25, -0.2) is 8.42 Å². The van der Waals surface area contributed by atoms with E-state index in [4.69, 9.17) is 0 Å². The molecule has 2 aromatic carbocycles. The van der Waals surface area contributed by atoms with E-state index in [9.17, 15) is 8.42 Å². The standard InChI is InChI=1S/C28H42O2S/c1-5-9-16-23-22-28(31(29,30)24-17-14-13-15-18-24)27(21-12-8-4)26(20-11-7-3)25(23)19-10-6-2/h13-15,17-18,22H,5-12,16,19-21H2,1-4H3. The maximum absolute atomic E-state index is 13.8. The molecule has 0 bridgehead atoms. The first-order chi connectivity index (χ1) is 15.0. The van der Waals surface area contributed by atoms with Crippen molar-refractivity contribution in [3.05, 3.63) is 58.7 Å². The largest absolute Gasteiger partial charge is 0.219 e. The van der Waals surface area contributed by atoms with E-state index >= 15 is 0 Å².